The number of amides is 1. The van der Waals surface area contributed by atoms with E-state index in [4.69, 9.17) is 11.6 Å². The van der Waals surface area contributed by atoms with Gasteiger partial charge in [0, 0.05) is 13.6 Å². The van der Waals surface area contributed by atoms with Crippen LogP contribution < -0.4 is 4.72 Å². The number of likely N-dealkylation sites (N-methyl/N-ethyl adjacent to an activating group) is 1. The highest BCUT2D eigenvalue weighted by Gasteiger charge is 2.26. The van der Waals surface area contributed by atoms with E-state index in [9.17, 15) is 13.2 Å². The number of carbonyl (C=O) groups is 1. The topological polar surface area (TPSA) is 69.7 Å². The Hall–Kier alpha value is -1.64. The molecule has 170 valence electrons. The van der Waals surface area contributed by atoms with Gasteiger partial charge in [-0.1, -0.05) is 48.0 Å². The van der Waals surface area contributed by atoms with Gasteiger partial charge >= 0.3 is 0 Å². The van der Waals surface area contributed by atoms with Gasteiger partial charge in [-0.3, -0.25) is 4.79 Å². The van der Waals surface area contributed by atoms with Gasteiger partial charge in [0.2, 0.25) is 15.9 Å². The van der Waals surface area contributed by atoms with Crippen molar-refractivity contribution in [1.29, 1.82) is 0 Å². The van der Waals surface area contributed by atoms with E-state index >= 15 is 0 Å². The van der Waals surface area contributed by atoms with E-state index < -0.39 is 10.0 Å². The maximum absolute atomic E-state index is 13.1. The second kappa shape index (κ2) is 11.3. The summed E-state index contributed by atoms with van der Waals surface area (Å²) in [4.78, 5) is 17.3. The van der Waals surface area contributed by atoms with Crippen LogP contribution in [0, 0.1) is 0 Å². The molecule has 0 aliphatic carbocycles. The standard InChI is InChI=1S/C22H28ClN3O3S.ClH/c1-24-30(28,29)21-14-17(10-11-19(21)23)15-22(27)25(2)20(16-26-12-6-7-13-26)18-8-4-3-5-9-18;/h3-5,8-11,14,20,24H,6-7,12-13,15-16H2,1-2H3;1H. The first-order valence-electron chi connectivity index (χ1n) is 10.1. The molecule has 1 saturated heterocycles. The van der Waals surface area contributed by atoms with Crippen molar-refractivity contribution in [3.63, 3.8) is 0 Å². The van der Waals surface area contributed by atoms with Crippen molar-refractivity contribution in [3.8, 4) is 0 Å². The molecular formula is C22H29Cl2N3O3S. The van der Waals surface area contributed by atoms with Crippen molar-refractivity contribution >= 4 is 39.9 Å². The molecule has 0 bridgehead atoms. The highest BCUT2D eigenvalue weighted by Crippen LogP contribution is 2.26. The van der Waals surface area contributed by atoms with Crippen LogP contribution in [0.4, 0.5) is 0 Å². The number of hydrogen-bond donors (Lipinski definition) is 1. The Morgan fingerprint density at radius 1 is 1.16 bits per heavy atom. The normalized spacial score (nSPS) is 15.3. The van der Waals surface area contributed by atoms with Gasteiger partial charge in [0.25, 0.3) is 0 Å². The summed E-state index contributed by atoms with van der Waals surface area (Å²) >= 11 is 6.06. The molecule has 1 amide bonds. The minimum atomic E-state index is -3.70. The number of halogens is 2. The van der Waals surface area contributed by atoms with Crippen LogP contribution in [0.3, 0.4) is 0 Å². The molecule has 1 aliphatic rings. The van der Waals surface area contributed by atoms with Crippen molar-refractivity contribution < 1.29 is 13.2 Å². The SMILES string of the molecule is CNS(=O)(=O)c1cc(CC(=O)N(C)C(CN2CCCC2)c2ccccc2)ccc1Cl.Cl. The molecule has 0 radical (unpaired) electrons. The zero-order chi connectivity index (χ0) is 21.7. The van der Waals surface area contributed by atoms with Gasteiger partial charge in [-0.05, 0) is 56.2 Å². The summed E-state index contributed by atoms with van der Waals surface area (Å²) in [6.45, 7) is 2.88. The van der Waals surface area contributed by atoms with Crippen LogP contribution in [-0.4, -0.2) is 57.9 Å². The smallest absolute Gasteiger partial charge is 0.241 e. The van der Waals surface area contributed by atoms with Crippen molar-refractivity contribution in [3.05, 3.63) is 64.7 Å². The highest BCUT2D eigenvalue weighted by atomic mass is 35.5. The number of carbonyl (C=O) groups excluding carboxylic acids is 1. The van der Waals surface area contributed by atoms with Gasteiger partial charge in [-0.2, -0.15) is 0 Å². The summed E-state index contributed by atoms with van der Waals surface area (Å²) in [7, 11) is -0.546. The zero-order valence-electron chi connectivity index (χ0n) is 17.8. The molecule has 2 aromatic rings. The van der Waals surface area contributed by atoms with Crippen LogP contribution in [0.2, 0.25) is 5.02 Å². The highest BCUT2D eigenvalue weighted by molar-refractivity contribution is 7.89. The first-order valence-corrected chi connectivity index (χ1v) is 11.9. The second-order valence-corrected chi connectivity index (χ2v) is 9.85. The Kier molecular flexibility index (Phi) is 9.33. The molecule has 2 aromatic carbocycles. The lowest BCUT2D eigenvalue weighted by Gasteiger charge is -2.32. The number of hydrogen-bond acceptors (Lipinski definition) is 4. The molecule has 1 heterocycles. The number of likely N-dealkylation sites (tertiary alicyclic amines) is 1. The van der Waals surface area contributed by atoms with Gasteiger partial charge in [-0.15, -0.1) is 12.4 Å². The molecule has 0 saturated carbocycles. The van der Waals surface area contributed by atoms with Crippen LogP contribution >= 0.6 is 24.0 Å². The predicted octanol–water partition coefficient (Wildman–Crippen LogP) is 3.51. The van der Waals surface area contributed by atoms with E-state index in [0.29, 0.717) is 5.56 Å². The fourth-order valence-electron chi connectivity index (χ4n) is 3.78. The molecule has 1 fully saturated rings. The lowest BCUT2D eigenvalue weighted by molar-refractivity contribution is -0.131. The van der Waals surface area contributed by atoms with Gasteiger partial charge in [0.05, 0.1) is 17.5 Å². The summed E-state index contributed by atoms with van der Waals surface area (Å²) in [6, 6.07) is 14.7. The Labute approximate surface area is 196 Å². The zero-order valence-corrected chi connectivity index (χ0v) is 20.1. The largest absolute Gasteiger partial charge is 0.337 e. The number of rotatable bonds is 8. The summed E-state index contributed by atoms with van der Waals surface area (Å²) < 4.78 is 26.6. The van der Waals surface area contributed by atoms with E-state index in [-0.39, 0.29) is 40.7 Å². The molecular weight excluding hydrogens is 457 g/mol. The molecule has 6 nitrogen and oxygen atoms in total. The van der Waals surface area contributed by atoms with Gasteiger partial charge in [0.1, 0.15) is 4.90 Å². The molecule has 1 atom stereocenters. The van der Waals surface area contributed by atoms with Crippen molar-refractivity contribution in [2.75, 3.05) is 33.7 Å². The van der Waals surface area contributed by atoms with Crippen molar-refractivity contribution in [1.82, 2.24) is 14.5 Å². The van der Waals surface area contributed by atoms with Gasteiger partial charge in [0.15, 0.2) is 0 Å². The number of nitrogens with zero attached hydrogens (tertiary/aromatic N) is 2. The lowest BCUT2D eigenvalue weighted by Crippen LogP contribution is -2.39. The van der Waals surface area contributed by atoms with E-state index in [1.54, 1.807) is 11.0 Å². The van der Waals surface area contributed by atoms with Gasteiger partial charge in [-0.25, -0.2) is 13.1 Å². The maximum atomic E-state index is 13.1. The number of benzene rings is 2. The Balaban J connectivity index is 0.00000341. The first kappa shape index (κ1) is 25.6. The summed E-state index contributed by atoms with van der Waals surface area (Å²) in [5.41, 5.74) is 1.70. The molecule has 1 unspecified atom stereocenters. The number of sulfonamides is 1. The average Bonchev–Trinajstić information content (AvgIpc) is 3.26. The minimum Gasteiger partial charge on any atom is -0.337 e. The summed E-state index contributed by atoms with van der Waals surface area (Å²) in [6.07, 6.45) is 2.47. The third-order valence-corrected chi connectivity index (χ3v) is 7.48. The fraction of sp³-hybridized carbons (Fsp3) is 0.409. The molecule has 0 aromatic heterocycles. The second-order valence-electron chi connectivity index (χ2n) is 7.59. The molecule has 1 N–H and O–H groups in total. The first-order chi connectivity index (χ1) is 14.3. The fourth-order valence-corrected chi connectivity index (χ4v) is 5.06. The van der Waals surface area contributed by atoms with Gasteiger partial charge < -0.3 is 9.80 Å². The third kappa shape index (κ3) is 6.43. The van der Waals surface area contributed by atoms with E-state index in [1.165, 1.54) is 32.0 Å². The Morgan fingerprint density at radius 3 is 2.42 bits per heavy atom. The Bertz CT molecular complexity index is 981. The average molecular weight is 486 g/mol. The molecule has 0 spiro atoms. The maximum Gasteiger partial charge on any atom is 0.241 e. The predicted molar refractivity (Wildman–Crippen MR) is 126 cm³/mol. The summed E-state index contributed by atoms with van der Waals surface area (Å²) in [5, 5.41) is 0.130. The van der Waals surface area contributed by atoms with E-state index in [1.807, 2.05) is 37.4 Å². The lowest BCUT2D eigenvalue weighted by atomic mass is 10.0. The molecule has 3 rings (SSSR count). The van der Waals surface area contributed by atoms with Crippen LogP contribution in [0.25, 0.3) is 0 Å². The molecule has 1 aliphatic heterocycles. The van der Waals surface area contributed by atoms with Crippen LogP contribution in [-0.2, 0) is 21.2 Å². The van der Waals surface area contributed by atoms with Crippen molar-refractivity contribution in [2.24, 2.45) is 0 Å². The van der Waals surface area contributed by atoms with E-state index in [0.717, 1.165) is 25.2 Å². The Morgan fingerprint density at radius 2 is 1.81 bits per heavy atom. The van der Waals surface area contributed by atoms with Crippen LogP contribution in [0.15, 0.2) is 53.4 Å². The monoisotopic (exact) mass is 485 g/mol. The number of nitrogens with one attached hydrogen (secondary N) is 1. The van der Waals surface area contributed by atoms with Crippen LogP contribution in [0.5, 0.6) is 0 Å². The molecule has 31 heavy (non-hydrogen) atoms. The van der Waals surface area contributed by atoms with Crippen LogP contribution in [0.1, 0.15) is 30.0 Å². The summed E-state index contributed by atoms with van der Waals surface area (Å²) in [5.74, 6) is -0.0711. The molecule has 9 heteroatoms. The van der Waals surface area contributed by atoms with E-state index in [2.05, 4.69) is 9.62 Å². The third-order valence-electron chi connectivity index (χ3n) is 5.58. The van der Waals surface area contributed by atoms with Crippen molar-refractivity contribution in [2.45, 2.75) is 30.2 Å². The minimum absolute atomic E-state index is 0. The quantitative estimate of drug-likeness (QED) is 0.620.